The number of aromatic nitrogens is 5. The molecule has 3 N–H and O–H groups in total. The van der Waals surface area contributed by atoms with Gasteiger partial charge in [0.1, 0.15) is 23.4 Å². The molecule has 0 saturated carbocycles. The highest BCUT2D eigenvalue weighted by molar-refractivity contribution is 5.93. The number of hydrogen-bond acceptors (Lipinski definition) is 9. The topological polar surface area (TPSA) is 115 Å². The van der Waals surface area contributed by atoms with Crippen molar-refractivity contribution in [3.63, 3.8) is 0 Å². The molecular formula is C27H29F2N9O2. The van der Waals surface area contributed by atoms with E-state index in [1.807, 2.05) is 27.8 Å². The Morgan fingerprint density at radius 2 is 1.98 bits per heavy atom. The molecule has 13 heteroatoms. The van der Waals surface area contributed by atoms with Crippen molar-refractivity contribution in [3.05, 3.63) is 54.7 Å². The van der Waals surface area contributed by atoms with Gasteiger partial charge in [0, 0.05) is 51.9 Å². The van der Waals surface area contributed by atoms with Crippen molar-refractivity contribution >= 4 is 28.2 Å². The van der Waals surface area contributed by atoms with Crippen LogP contribution in [0, 0.1) is 5.82 Å². The summed E-state index contributed by atoms with van der Waals surface area (Å²) in [5, 5.41) is 12.9. The van der Waals surface area contributed by atoms with Crippen LogP contribution >= 0.6 is 0 Å². The van der Waals surface area contributed by atoms with E-state index >= 15 is 0 Å². The summed E-state index contributed by atoms with van der Waals surface area (Å²) in [4.78, 5) is 8.93. The van der Waals surface area contributed by atoms with Gasteiger partial charge in [0.2, 0.25) is 5.95 Å². The molecule has 0 amide bonds. The van der Waals surface area contributed by atoms with Crippen LogP contribution in [0.4, 0.5) is 20.4 Å². The Hall–Kier alpha value is -4.23. The van der Waals surface area contributed by atoms with Crippen molar-refractivity contribution in [2.24, 2.45) is 0 Å². The second kappa shape index (κ2) is 10.1. The molecule has 2 aliphatic rings. The first kappa shape index (κ1) is 24.8. The van der Waals surface area contributed by atoms with Gasteiger partial charge in [0.05, 0.1) is 35.6 Å². The number of anilines is 2. The average Bonchev–Trinajstić information content (AvgIpc) is 3.76. The van der Waals surface area contributed by atoms with Gasteiger partial charge in [-0.3, -0.25) is 4.90 Å². The quantitative estimate of drug-likeness (QED) is 0.316. The SMILES string of the molecule is Nc1nc2c(cnn2CCN2CCN(c3ccc(O[C@H]4CNC[C@H]4F)cc3F)CC2)c2cc(-c3ccco3)nn12. The van der Waals surface area contributed by atoms with Crippen LogP contribution in [0.1, 0.15) is 0 Å². The molecule has 2 saturated heterocycles. The Balaban J connectivity index is 0.990. The molecule has 7 rings (SSSR count). The molecule has 2 aliphatic heterocycles. The molecule has 6 heterocycles. The smallest absolute Gasteiger partial charge is 0.223 e. The second-order valence-corrected chi connectivity index (χ2v) is 10.2. The highest BCUT2D eigenvalue weighted by Gasteiger charge is 2.29. The van der Waals surface area contributed by atoms with Crippen molar-refractivity contribution in [1.29, 1.82) is 0 Å². The molecule has 0 aliphatic carbocycles. The van der Waals surface area contributed by atoms with Crippen LogP contribution in [0.5, 0.6) is 5.75 Å². The number of furan rings is 1. The number of ether oxygens (including phenoxy) is 1. The number of benzene rings is 1. The van der Waals surface area contributed by atoms with Gasteiger partial charge in [-0.1, -0.05) is 0 Å². The zero-order valence-corrected chi connectivity index (χ0v) is 21.7. The van der Waals surface area contributed by atoms with Gasteiger partial charge in [0.25, 0.3) is 0 Å². The number of hydrogen-bond donors (Lipinski definition) is 2. The fourth-order valence-electron chi connectivity index (χ4n) is 5.47. The van der Waals surface area contributed by atoms with Crippen LogP contribution in [0.3, 0.4) is 0 Å². The van der Waals surface area contributed by atoms with Gasteiger partial charge in [-0.05, 0) is 30.3 Å². The Morgan fingerprint density at radius 3 is 2.73 bits per heavy atom. The lowest BCUT2D eigenvalue weighted by Crippen LogP contribution is -2.47. The van der Waals surface area contributed by atoms with E-state index in [9.17, 15) is 8.78 Å². The van der Waals surface area contributed by atoms with Crippen molar-refractivity contribution in [2.75, 3.05) is 56.4 Å². The van der Waals surface area contributed by atoms with Crippen molar-refractivity contribution in [3.8, 4) is 17.2 Å². The third-order valence-corrected chi connectivity index (χ3v) is 7.64. The van der Waals surface area contributed by atoms with Crippen LogP contribution in [-0.2, 0) is 6.54 Å². The Kier molecular flexibility index (Phi) is 6.24. The fourth-order valence-corrected chi connectivity index (χ4v) is 5.47. The number of fused-ring (bicyclic) bond motifs is 3. The van der Waals surface area contributed by atoms with Crippen LogP contribution < -0.4 is 20.7 Å². The second-order valence-electron chi connectivity index (χ2n) is 10.2. The van der Waals surface area contributed by atoms with E-state index in [-0.39, 0.29) is 18.3 Å². The first-order chi connectivity index (χ1) is 19.5. The molecule has 0 radical (unpaired) electrons. The van der Waals surface area contributed by atoms with Crippen molar-refractivity contribution in [2.45, 2.75) is 18.8 Å². The first-order valence-electron chi connectivity index (χ1n) is 13.4. The molecule has 1 aromatic carbocycles. The van der Waals surface area contributed by atoms with Gasteiger partial charge in [-0.15, -0.1) is 0 Å². The molecule has 0 bridgehead atoms. The molecule has 40 heavy (non-hydrogen) atoms. The van der Waals surface area contributed by atoms with E-state index in [1.165, 1.54) is 6.07 Å². The summed E-state index contributed by atoms with van der Waals surface area (Å²) in [6.07, 6.45) is 1.72. The standard InChI is InChI=1S/C27H29F2N9O2/c28-19-12-17(40-25-16-31-15-20(25)29)3-4-22(19)36-8-5-35(6-9-36)7-10-37-26-18(14-32-37)23-13-21(24-2-1-11-39-24)34-38(23)27(30)33-26/h1-4,11-14,20,25,31H,5-10,15-16H2,(H2,30,33)/t20-,25+/m1/s1. The number of alkyl halides is 1. The normalized spacial score (nSPS) is 20.2. The molecule has 4 aromatic heterocycles. The summed E-state index contributed by atoms with van der Waals surface area (Å²) in [5.74, 6) is 0.921. The summed E-state index contributed by atoms with van der Waals surface area (Å²) in [6.45, 7) is 5.02. The van der Waals surface area contributed by atoms with Gasteiger partial charge in [-0.2, -0.15) is 19.7 Å². The van der Waals surface area contributed by atoms with Gasteiger partial charge in [-0.25, -0.2) is 13.5 Å². The minimum Gasteiger partial charge on any atom is -0.486 e. The number of nitrogens with two attached hydrogens (primary N) is 1. The molecule has 2 atom stereocenters. The fraction of sp³-hybridized carbons (Fsp3) is 0.370. The van der Waals surface area contributed by atoms with Crippen molar-refractivity contribution < 1.29 is 17.9 Å². The summed E-state index contributed by atoms with van der Waals surface area (Å²) in [7, 11) is 0. The van der Waals surface area contributed by atoms with Gasteiger partial charge < -0.3 is 25.1 Å². The highest BCUT2D eigenvalue weighted by atomic mass is 19.1. The number of nitrogens with zero attached hydrogens (tertiary/aromatic N) is 7. The summed E-state index contributed by atoms with van der Waals surface area (Å²) in [5.41, 5.74) is 8.96. The molecule has 208 valence electrons. The van der Waals surface area contributed by atoms with Crippen molar-refractivity contribution in [1.82, 2.24) is 34.6 Å². The maximum Gasteiger partial charge on any atom is 0.223 e. The van der Waals surface area contributed by atoms with E-state index < -0.39 is 12.3 Å². The van der Waals surface area contributed by atoms with E-state index in [4.69, 9.17) is 14.9 Å². The van der Waals surface area contributed by atoms with Crippen LogP contribution in [-0.4, -0.2) is 87.4 Å². The lowest BCUT2D eigenvalue weighted by atomic mass is 10.2. The maximum absolute atomic E-state index is 14.9. The average molecular weight is 550 g/mol. The third kappa shape index (κ3) is 4.50. The first-order valence-corrected chi connectivity index (χ1v) is 13.4. The number of nitrogen functional groups attached to an aromatic ring is 1. The predicted octanol–water partition coefficient (Wildman–Crippen LogP) is 2.57. The van der Waals surface area contributed by atoms with Crippen LogP contribution in [0.25, 0.3) is 28.0 Å². The molecule has 0 spiro atoms. The van der Waals surface area contributed by atoms with Gasteiger partial charge >= 0.3 is 0 Å². The lowest BCUT2D eigenvalue weighted by molar-refractivity contribution is 0.139. The Labute approximate surface area is 228 Å². The van der Waals surface area contributed by atoms with E-state index in [0.29, 0.717) is 54.7 Å². The third-order valence-electron chi connectivity index (χ3n) is 7.64. The number of rotatable bonds is 7. The predicted molar refractivity (Wildman–Crippen MR) is 146 cm³/mol. The monoisotopic (exact) mass is 549 g/mol. The zero-order valence-electron chi connectivity index (χ0n) is 21.7. The van der Waals surface area contributed by atoms with Crippen LogP contribution in [0.2, 0.25) is 0 Å². The lowest BCUT2D eigenvalue weighted by Gasteiger charge is -2.36. The van der Waals surface area contributed by atoms with Gasteiger partial charge in [0.15, 0.2) is 17.6 Å². The molecule has 0 unspecified atom stereocenters. The Bertz CT molecular complexity index is 1640. The minimum atomic E-state index is -1.09. The number of piperazine rings is 1. The minimum absolute atomic E-state index is 0.263. The molecule has 11 nitrogen and oxygen atoms in total. The number of nitrogens with one attached hydrogen (secondary N) is 1. The highest BCUT2D eigenvalue weighted by Crippen LogP contribution is 2.28. The summed E-state index contributed by atoms with van der Waals surface area (Å²) in [6, 6.07) is 10.4. The molecule has 5 aromatic rings. The van der Waals surface area contributed by atoms with E-state index in [0.717, 1.165) is 30.5 Å². The van der Waals surface area contributed by atoms with E-state index in [2.05, 4.69) is 25.4 Å². The summed E-state index contributed by atoms with van der Waals surface area (Å²) < 4.78 is 43.3. The zero-order chi connectivity index (χ0) is 27.2. The Morgan fingerprint density at radius 1 is 1.10 bits per heavy atom. The molecular weight excluding hydrogens is 520 g/mol. The maximum atomic E-state index is 14.9. The van der Waals surface area contributed by atoms with E-state index in [1.54, 1.807) is 29.1 Å². The largest absolute Gasteiger partial charge is 0.486 e. The van der Waals surface area contributed by atoms with Crippen LogP contribution in [0.15, 0.2) is 53.3 Å². The number of halogens is 2. The summed E-state index contributed by atoms with van der Waals surface area (Å²) >= 11 is 0. The molecule has 2 fully saturated rings.